The first-order valence-electron chi connectivity index (χ1n) is 7.54. The molecule has 0 aliphatic heterocycles. The van der Waals surface area contributed by atoms with Crippen LogP contribution in [-0.2, 0) is 12.7 Å². The van der Waals surface area contributed by atoms with Gasteiger partial charge in [-0.25, -0.2) is 4.79 Å². The van der Waals surface area contributed by atoms with E-state index in [0.717, 1.165) is 17.2 Å². The molecule has 0 saturated heterocycles. The summed E-state index contributed by atoms with van der Waals surface area (Å²) >= 11 is 0. The molecular weight excluding hydrogens is 317 g/mol. The molecule has 0 aliphatic rings. The smallest absolute Gasteiger partial charge is 0.334 e. The van der Waals surface area contributed by atoms with E-state index in [2.05, 4.69) is 10.6 Å². The zero-order valence-corrected chi connectivity index (χ0v) is 13.4. The number of benzene rings is 2. The Bertz CT molecular complexity index is 713. The summed E-state index contributed by atoms with van der Waals surface area (Å²) in [7, 11) is 0. The van der Waals surface area contributed by atoms with E-state index in [0.29, 0.717) is 6.54 Å². The van der Waals surface area contributed by atoms with Crippen molar-refractivity contribution in [1.82, 2.24) is 10.6 Å². The average molecular weight is 336 g/mol. The molecule has 2 rings (SSSR count). The standard InChI is InChI=1S/C18H19F3N2O/c1-12-7-3-4-8-14(12)11-22-17(24)23-13(2)15-9-5-6-10-16(15)18(19,20)21/h3-10,13H,11H2,1-2H3,(H2,22,23,24). The Balaban J connectivity index is 2.01. The highest BCUT2D eigenvalue weighted by Gasteiger charge is 2.34. The number of hydrogen-bond acceptors (Lipinski definition) is 1. The first-order valence-corrected chi connectivity index (χ1v) is 7.54. The topological polar surface area (TPSA) is 41.1 Å². The molecule has 0 heterocycles. The Morgan fingerprint density at radius 1 is 1.08 bits per heavy atom. The van der Waals surface area contributed by atoms with E-state index in [1.54, 1.807) is 0 Å². The first kappa shape index (κ1) is 17.8. The third-order valence-corrected chi connectivity index (χ3v) is 3.78. The van der Waals surface area contributed by atoms with E-state index in [1.807, 2.05) is 31.2 Å². The lowest BCUT2D eigenvalue weighted by atomic mass is 10.0. The van der Waals surface area contributed by atoms with Gasteiger partial charge in [0.2, 0.25) is 0 Å². The number of rotatable bonds is 4. The second kappa shape index (κ2) is 7.38. The molecule has 0 bridgehead atoms. The van der Waals surface area contributed by atoms with Gasteiger partial charge in [0, 0.05) is 6.54 Å². The molecule has 0 aromatic heterocycles. The predicted octanol–water partition coefficient (Wildman–Crippen LogP) is 4.57. The summed E-state index contributed by atoms with van der Waals surface area (Å²) in [4.78, 5) is 12.0. The van der Waals surface area contributed by atoms with Crippen molar-refractivity contribution in [3.8, 4) is 0 Å². The second-order valence-corrected chi connectivity index (χ2v) is 5.56. The van der Waals surface area contributed by atoms with Crippen LogP contribution in [0.15, 0.2) is 48.5 Å². The van der Waals surface area contributed by atoms with Gasteiger partial charge < -0.3 is 10.6 Å². The van der Waals surface area contributed by atoms with Crippen LogP contribution in [0, 0.1) is 6.92 Å². The molecule has 2 aromatic carbocycles. The molecule has 2 amide bonds. The van der Waals surface area contributed by atoms with E-state index in [4.69, 9.17) is 0 Å². The number of amides is 2. The van der Waals surface area contributed by atoms with Crippen LogP contribution in [0.2, 0.25) is 0 Å². The summed E-state index contributed by atoms with van der Waals surface area (Å²) in [5.74, 6) is 0. The molecule has 6 heteroatoms. The van der Waals surface area contributed by atoms with Gasteiger partial charge in [-0.2, -0.15) is 13.2 Å². The van der Waals surface area contributed by atoms with Gasteiger partial charge in [0.1, 0.15) is 0 Å². The highest BCUT2D eigenvalue weighted by atomic mass is 19.4. The summed E-state index contributed by atoms with van der Waals surface area (Å²) in [6, 6.07) is 11.5. The fraction of sp³-hybridized carbons (Fsp3) is 0.278. The maximum atomic E-state index is 13.0. The average Bonchev–Trinajstić information content (AvgIpc) is 2.53. The van der Waals surface area contributed by atoms with Crippen LogP contribution in [0.5, 0.6) is 0 Å². The third-order valence-electron chi connectivity index (χ3n) is 3.78. The SMILES string of the molecule is Cc1ccccc1CNC(=O)NC(C)c1ccccc1C(F)(F)F. The van der Waals surface area contributed by atoms with Crippen LogP contribution in [0.3, 0.4) is 0 Å². The van der Waals surface area contributed by atoms with Crippen molar-refractivity contribution >= 4 is 6.03 Å². The quantitative estimate of drug-likeness (QED) is 0.843. The van der Waals surface area contributed by atoms with E-state index in [9.17, 15) is 18.0 Å². The van der Waals surface area contributed by atoms with Gasteiger partial charge in [-0.3, -0.25) is 0 Å². The number of hydrogen-bond donors (Lipinski definition) is 2. The molecule has 1 unspecified atom stereocenters. The largest absolute Gasteiger partial charge is 0.416 e. The number of halogens is 3. The fourth-order valence-corrected chi connectivity index (χ4v) is 2.44. The molecule has 2 aromatic rings. The maximum Gasteiger partial charge on any atom is 0.416 e. The summed E-state index contributed by atoms with van der Waals surface area (Å²) in [6.45, 7) is 3.77. The van der Waals surface area contributed by atoms with Crippen molar-refractivity contribution in [2.45, 2.75) is 32.6 Å². The van der Waals surface area contributed by atoms with Crippen LogP contribution in [0.4, 0.5) is 18.0 Å². The molecular formula is C18H19F3N2O. The Morgan fingerprint density at radius 3 is 2.38 bits per heavy atom. The normalized spacial score (nSPS) is 12.5. The van der Waals surface area contributed by atoms with Crippen LogP contribution in [0.25, 0.3) is 0 Å². The lowest BCUT2D eigenvalue weighted by Crippen LogP contribution is -2.37. The Hall–Kier alpha value is -2.50. The lowest BCUT2D eigenvalue weighted by Gasteiger charge is -2.20. The summed E-state index contributed by atoms with van der Waals surface area (Å²) in [5, 5.41) is 5.22. The first-order chi connectivity index (χ1) is 11.3. The zero-order chi connectivity index (χ0) is 17.7. The fourth-order valence-electron chi connectivity index (χ4n) is 2.44. The van der Waals surface area contributed by atoms with Crippen molar-refractivity contribution in [2.75, 3.05) is 0 Å². The number of alkyl halides is 3. The highest BCUT2D eigenvalue weighted by Crippen LogP contribution is 2.34. The van der Waals surface area contributed by atoms with Crippen LogP contribution in [-0.4, -0.2) is 6.03 Å². The van der Waals surface area contributed by atoms with Crippen molar-refractivity contribution in [3.05, 3.63) is 70.8 Å². The number of urea groups is 1. The summed E-state index contributed by atoms with van der Waals surface area (Å²) in [5.41, 5.74) is 1.29. The molecule has 1 atom stereocenters. The van der Waals surface area contributed by atoms with Gasteiger partial charge in [0.05, 0.1) is 11.6 Å². The number of nitrogens with one attached hydrogen (secondary N) is 2. The van der Waals surface area contributed by atoms with Gasteiger partial charge in [-0.05, 0) is 36.6 Å². The van der Waals surface area contributed by atoms with Gasteiger partial charge in [0.25, 0.3) is 0 Å². The van der Waals surface area contributed by atoms with E-state index in [1.165, 1.54) is 25.1 Å². The highest BCUT2D eigenvalue weighted by molar-refractivity contribution is 5.74. The molecule has 0 aliphatic carbocycles. The number of aryl methyl sites for hydroxylation is 1. The van der Waals surface area contributed by atoms with Crippen molar-refractivity contribution in [2.24, 2.45) is 0 Å². The van der Waals surface area contributed by atoms with Crippen LogP contribution >= 0.6 is 0 Å². The summed E-state index contributed by atoms with van der Waals surface area (Å²) in [6.07, 6.45) is -4.45. The lowest BCUT2D eigenvalue weighted by molar-refractivity contribution is -0.138. The minimum Gasteiger partial charge on any atom is -0.334 e. The van der Waals surface area contributed by atoms with Gasteiger partial charge in [0.15, 0.2) is 0 Å². The van der Waals surface area contributed by atoms with E-state index in [-0.39, 0.29) is 5.56 Å². The van der Waals surface area contributed by atoms with E-state index >= 15 is 0 Å². The molecule has 24 heavy (non-hydrogen) atoms. The minimum absolute atomic E-state index is 0.0380. The molecule has 128 valence electrons. The predicted molar refractivity (Wildman–Crippen MR) is 86.4 cm³/mol. The van der Waals surface area contributed by atoms with Gasteiger partial charge in [-0.15, -0.1) is 0 Å². The Kier molecular flexibility index (Phi) is 5.49. The zero-order valence-electron chi connectivity index (χ0n) is 13.4. The van der Waals surface area contributed by atoms with Crippen molar-refractivity contribution in [1.29, 1.82) is 0 Å². The van der Waals surface area contributed by atoms with Crippen LogP contribution in [0.1, 0.15) is 35.2 Å². The number of carbonyl (C=O) groups is 1. The third kappa shape index (κ3) is 4.50. The van der Waals surface area contributed by atoms with E-state index < -0.39 is 23.8 Å². The summed E-state index contributed by atoms with van der Waals surface area (Å²) < 4.78 is 39.1. The number of carbonyl (C=O) groups excluding carboxylic acids is 1. The molecule has 3 nitrogen and oxygen atoms in total. The Labute approximate surface area is 138 Å². The monoisotopic (exact) mass is 336 g/mol. The molecule has 0 radical (unpaired) electrons. The molecule has 0 fully saturated rings. The molecule has 0 saturated carbocycles. The second-order valence-electron chi connectivity index (χ2n) is 5.56. The minimum atomic E-state index is -4.45. The Morgan fingerprint density at radius 2 is 1.71 bits per heavy atom. The van der Waals surface area contributed by atoms with Crippen molar-refractivity contribution < 1.29 is 18.0 Å². The van der Waals surface area contributed by atoms with Gasteiger partial charge in [-0.1, -0.05) is 42.5 Å². The van der Waals surface area contributed by atoms with Crippen molar-refractivity contribution in [3.63, 3.8) is 0 Å². The van der Waals surface area contributed by atoms with Gasteiger partial charge >= 0.3 is 12.2 Å². The van der Waals surface area contributed by atoms with Crippen LogP contribution < -0.4 is 10.6 Å². The maximum absolute atomic E-state index is 13.0. The molecule has 0 spiro atoms. The molecule has 2 N–H and O–H groups in total.